The minimum absolute atomic E-state index is 0.247. The quantitative estimate of drug-likeness (QED) is 0.272. The molecule has 0 aromatic heterocycles. The second kappa shape index (κ2) is 11.9. The Morgan fingerprint density at radius 3 is 1.82 bits per heavy atom. The van der Waals surface area contributed by atoms with Crippen LogP contribution < -0.4 is 0 Å². The standard InChI is InChI=1S/C22H26O10Se/c1-11-6-8-16(9-7-11)21(27)33-22-20(31-15(5)26)19(30-14(4)25)18(29-13(3)24)17(32-22)10-28-12(2)23/h6-9,17-20,22H,10H2,1-5H3/t17?,18-,19?,20?,22+/m1/s1. The van der Waals surface area contributed by atoms with Gasteiger partial charge in [0.15, 0.2) is 0 Å². The van der Waals surface area contributed by atoms with Crippen molar-refractivity contribution in [1.29, 1.82) is 0 Å². The van der Waals surface area contributed by atoms with Crippen molar-refractivity contribution >= 4 is 43.5 Å². The van der Waals surface area contributed by atoms with Gasteiger partial charge in [0.1, 0.15) is 0 Å². The fraction of sp³-hybridized carbons (Fsp3) is 0.500. The Kier molecular flexibility index (Phi) is 9.57. The average Bonchev–Trinajstić information content (AvgIpc) is 2.70. The van der Waals surface area contributed by atoms with Gasteiger partial charge in [-0.1, -0.05) is 0 Å². The second-order valence-corrected chi connectivity index (χ2v) is 9.59. The van der Waals surface area contributed by atoms with Gasteiger partial charge < -0.3 is 0 Å². The summed E-state index contributed by atoms with van der Waals surface area (Å²) < 4.78 is 26.8. The number of aryl methyl sites for hydroxylation is 1. The molecule has 1 aliphatic rings. The van der Waals surface area contributed by atoms with Gasteiger partial charge in [-0.05, 0) is 0 Å². The summed E-state index contributed by atoms with van der Waals surface area (Å²) >= 11 is -0.941. The summed E-state index contributed by atoms with van der Waals surface area (Å²) in [7, 11) is 0. The van der Waals surface area contributed by atoms with E-state index in [9.17, 15) is 24.0 Å². The molecule has 0 spiro atoms. The molecule has 2 rings (SSSR count). The fourth-order valence-electron chi connectivity index (χ4n) is 3.15. The molecule has 33 heavy (non-hydrogen) atoms. The van der Waals surface area contributed by atoms with E-state index in [4.69, 9.17) is 23.7 Å². The van der Waals surface area contributed by atoms with Crippen LogP contribution in [0.1, 0.15) is 43.6 Å². The van der Waals surface area contributed by atoms with Crippen molar-refractivity contribution in [2.45, 2.75) is 64.0 Å². The van der Waals surface area contributed by atoms with Crippen molar-refractivity contribution in [2.24, 2.45) is 0 Å². The van der Waals surface area contributed by atoms with E-state index in [2.05, 4.69) is 0 Å². The number of hydrogen-bond acceptors (Lipinski definition) is 10. The molecule has 0 aliphatic carbocycles. The Morgan fingerprint density at radius 2 is 1.30 bits per heavy atom. The Labute approximate surface area is 197 Å². The van der Waals surface area contributed by atoms with Gasteiger partial charge in [-0.15, -0.1) is 0 Å². The van der Waals surface area contributed by atoms with Crippen molar-refractivity contribution < 1.29 is 47.7 Å². The molecule has 1 heterocycles. The zero-order chi connectivity index (χ0) is 24.7. The van der Waals surface area contributed by atoms with Gasteiger partial charge >= 0.3 is 197 Å². The molecule has 1 aliphatic heterocycles. The first-order chi connectivity index (χ1) is 15.5. The predicted molar refractivity (Wildman–Crippen MR) is 113 cm³/mol. The molecule has 0 amide bonds. The number of hydrogen-bond donors (Lipinski definition) is 0. The summed E-state index contributed by atoms with van der Waals surface area (Å²) in [6.07, 6.45) is -4.80. The molecular weight excluding hydrogens is 503 g/mol. The fourth-order valence-corrected chi connectivity index (χ4v) is 5.30. The average molecular weight is 529 g/mol. The molecule has 1 saturated heterocycles. The summed E-state index contributed by atoms with van der Waals surface area (Å²) in [5, 5.41) is -1.01. The molecule has 11 heteroatoms. The molecule has 180 valence electrons. The van der Waals surface area contributed by atoms with Gasteiger partial charge in [0.25, 0.3) is 0 Å². The van der Waals surface area contributed by atoms with Crippen LogP contribution in [0.5, 0.6) is 0 Å². The first-order valence-corrected chi connectivity index (χ1v) is 11.9. The molecule has 1 aromatic carbocycles. The summed E-state index contributed by atoms with van der Waals surface area (Å²) in [6, 6.07) is 6.92. The Bertz CT molecular complexity index is 897. The summed E-state index contributed by atoms with van der Waals surface area (Å²) in [5.74, 6) is -2.75. The van der Waals surface area contributed by atoms with Gasteiger partial charge in [0.2, 0.25) is 0 Å². The van der Waals surface area contributed by atoms with E-state index in [0.717, 1.165) is 26.3 Å². The molecule has 1 aromatic rings. The van der Waals surface area contributed by atoms with Crippen LogP contribution in [0.3, 0.4) is 0 Å². The summed E-state index contributed by atoms with van der Waals surface area (Å²) in [6.45, 7) is 6.19. The molecule has 10 nitrogen and oxygen atoms in total. The number of rotatable bonds is 8. The third kappa shape index (κ3) is 7.96. The van der Waals surface area contributed by atoms with Crippen molar-refractivity contribution in [3.8, 4) is 0 Å². The van der Waals surface area contributed by atoms with E-state index in [-0.39, 0.29) is 11.3 Å². The number of carbonyl (C=O) groups excluding carboxylic acids is 5. The Balaban J connectivity index is 2.42. The van der Waals surface area contributed by atoms with Crippen molar-refractivity contribution in [3.05, 3.63) is 35.4 Å². The Morgan fingerprint density at radius 1 is 0.788 bits per heavy atom. The van der Waals surface area contributed by atoms with Crippen molar-refractivity contribution in [2.75, 3.05) is 6.61 Å². The number of benzene rings is 1. The van der Waals surface area contributed by atoms with Gasteiger partial charge in [0.05, 0.1) is 0 Å². The first-order valence-electron chi connectivity index (χ1n) is 10.1. The van der Waals surface area contributed by atoms with Crippen LogP contribution in [-0.2, 0) is 42.9 Å². The van der Waals surface area contributed by atoms with E-state index in [1.807, 2.05) is 6.92 Å². The summed E-state index contributed by atoms with van der Waals surface area (Å²) in [4.78, 5) is 59.7. The van der Waals surface area contributed by atoms with E-state index >= 15 is 0 Å². The van der Waals surface area contributed by atoms with Crippen molar-refractivity contribution in [1.82, 2.24) is 0 Å². The minimum atomic E-state index is -1.28. The first kappa shape index (κ1) is 26.5. The SMILES string of the molecule is CC(=O)OCC1O[C@@H]([Se]C(=O)c2ccc(C)cc2)C(OC(C)=O)C(OC(C)=O)[C@@H]1OC(C)=O. The number of carbonyl (C=O) groups is 5. The van der Waals surface area contributed by atoms with Crippen molar-refractivity contribution in [3.63, 3.8) is 0 Å². The van der Waals surface area contributed by atoms with Crippen LogP contribution in [-0.4, -0.2) is 79.5 Å². The molecule has 1 fully saturated rings. The van der Waals surface area contributed by atoms with Crippen LogP contribution in [0.2, 0.25) is 0 Å². The zero-order valence-electron chi connectivity index (χ0n) is 18.9. The van der Waals surface area contributed by atoms with Gasteiger partial charge in [-0.2, -0.15) is 0 Å². The third-order valence-electron chi connectivity index (χ3n) is 4.46. The van der Waals surface area contributed by atoms with E-state index < -0.39 is 68.3 Å². The van der Waals surface area contributed by atoms with Crippen LogP contribution in [0.4, 0.5) is 0 Å². The maximum absolute atomic E-state index is 12.9. The Hall–Kier alpha value is -2.75. The van der Waals surface area contributed by atoms with Crippen LogP contribution in [0.25, 0.3) is 0 Å². The monoisotopic (exact) mass is 530 g/mol. The van der Waals surface area contributed by atoms with Crippen LogP contribution >= 0.6 is 0 Å². The molecule has 0 N–H and O–H groups in total. The molecule has 0 radical (unpaired) electrons. The topological polar surface area (TPSA) is 132 Å². The predicted octanol–water partition coefficient (Wildman–Crippen LogP) is 0.923. The van der Waals surface area contributed by atoms with Crippen LogP contribution in [0.15, 0.2) is 24.3 Å². The number of esters is 4. The van der Waals surface area contributed by atoms with E-state index in [1.54, 1.807) is 24.3 Å². The normalized spacial score (nSPS) is 24.3. The third-order valence-corrected chi connectivity index (χ3v) is 6.69. The van der Waals surface area contributed by atoms with Crippen LogP contribution in [0, 0.1) is 6.92 Å². The zero-order valence-corrected chi connectivity index (χ0v) is 20.6. The summed E-state index contributed by atoms with van der Waals surface area (Å²) in [5.41, 5.74) is 1.42. The number of ether oxygens (including phenoxy) is 5. The van der Waals surface area contributed by atoms with E-state index in [0.29, 0.717) is 5.56 Å². The molecule has 0 bridgehead atoms. The molecule has 5 atom stereocenters. The van der Waals surface area contributed by atoms with Gasteiger partial charge in [0, 0.05) is 0 Å². The van der Waals surface area contributed by atoms with Gasteiger partial charge in [-0.3, -0.25) is 0 Å². The van der Waals surface area contributed by atoms with E-state index in [1.165, 1.54) is 6.92 Å². The second-order valence-electron chi connectivity index (χ2n) is 7.34. The molecular formula is C22H26O10Se. The molecule has 3 unspecified atom stereocenters. The van der Waals surface area contributed by atoms with Gasteiger partial charge in [-0.25, -0.2) is 0 Å². The molecule has 0 saturated carbocycles. The maximum atomic E-state index is 12.9.